The lowest BCUT2D eigenvalue weighted by Gasteiger charge is -2.18. The lowest BCUT2D eigenvalue weighted by Crippen LogP contribution is -2.32. The number of aromatic nitrogens is 2. The Balaban J connectivity index is 1.63. The summed E-state index contributed by atoms with van der Waals surface area (Å²) in [5, 5.41) is 16.6. The van der Waals surface area contributed by atoms with E-state index >= 15 is 0 Å². The van der Waals surface area contributed by atoms with Crippen LogP contribution >= 0.6 is 0 Å². The van der Waals surface area contributed by atoms with Gasteiger partial charge in [0.2, 0.25) is 5.91 Å². The van der Waals surface area contributed by atoms with Gasteiger partial charge in [-0.25, -0.2) is 4.68 Å². The summed E-state index contributed by atoms with van der Waals surface area (Å²) in [5.74, 6) is -1.44. The van der Waals surface area contributed by atoms with Gasteiger partial charge >= 0.3 is 5.97 Å². The van der Waals surface area contributed by atoms with Crippen LogP contribution in [0.1, 0.15) is 49.2 Å². The van der Waals surface area contributed by atoms with Crippen molar-refractivity contribution in [1.82, 2.24) is 15.1 Å². The average Bonchev–Trinajstić information content (AvgIpc) is 3.21. The van der Waals surface area contributed by atoms with Crippen molar-refractivity contribution in [3.05, 3.63) is 47.3 Å². The first-order chi connectivity index (χ1) is 12.3. The summed E-state index contributed by atoms with van der Waals surface area (Å²) in [5.41, 5.74) is 4.05. The summed E-state index contributed by atoms with van der Waals surface area (Å²) in [7, 11) is 0. The first-order valence-electron chi connectivity index (χ1n) is 9.02. The van der Waals surface area contributed by atoms with Crippen molar-refractivity contribution in [2.45, 2.75) is 46.1 Å². The molecule has 1 heterocycles. The van der Waals surface area contributed by atoms with E-state index in [1.54, 1.807) is 0 Å². The maximum Gasteiger partial charge on any atom is 0.306 e. The predicted octanol–water partition coefficient (Wildman–Crippen LogP) is 3.17. The number of carboxylic acid groups (broad SMARTS) is 1. The van der Waals surface area contributed by atoms with E-state index in [9.17, 15) is 9.59 Å². The lowest BCUT2D eigenvalue weighted by molar-refractivity contribution is -0.141. The van der Waals surface area contributed by atoms with Crippen molar-refractivity contribution < 1.29 is 14.7 Å². The van der Waals surface area contributed by atoms with Crippen LogP contribution in [-0.2, 0) is 9.59 Å². The number of rotatable bonds is 5. The van der Waals surface area contributed by atoms with Crippen LogP contribution in [0.4, 0.5) is 0 Å². The molecule has 2 aromatic rings. The van der Waals surface area contributed by atoms with Crippen LogP contribution in [-0.4, -0.2) is 26.8 Å². The number of hydrogen-bond donors (Lipinski definition) is 2. The van der Waals surface area contributed by atoms with Gasteiger partial charge in [0.1, 0.15) is 0 Å². The maximum absolute atomic E-state index is 12.4. The third kappa shape index (κ3) is 3.79. The van der Waals surface area contributed by atoms with E-state index in [2.05, 4.69) is 10.4 Å². The van der Waals surface area contributed by atoms with E-state index in [4.69, 9.17) is 5.11 Å². The second-order valence-corrected chi connectivity index (χ2v) is 7.21. The van der Waals surface area contributed by atoms with Gasteiger partial charge in [-0.05, 0) is 63.8 Å². The minimum atomic E-state index is -0.798. The number of carbonyl (C=O) groups excluding carboxylic acids is 1. The van der Waals surface area contributed by atoms with Crippen LogP contribution < -0.4 is 5.32 Å². The Bertz CT molecular complexity index is 810. The number of hydrogen-bond acceptors (Lipinski definition) is 3. The molecule has 2 N–H and O–H groups in total. The molecular formula is C20H25N3O3. The summed E-state index contributed by atoms with van der Waals surface area (Å²) in [6.45, 7) is 5.93. The quantitative estimate of drug-likeness (QED) is 0.863. The van der Waals surface area contributed by atoms with E-state index in [1.165, 1.54) is 0 Å². The highest BCUT2D eigenvalue weighted by Gasteiger charge is 2.34. The number of carbonyl (C=O) groups is 2. The smallest absolute Gasteiger partial charge is 0.306 e. The second kappa shape index (κ2) is 7.32. The summed E-state index contributed by atoms with van der Waals surface area (Å²) < 4.78 is 1.90. The molecule has 1 aromatic heterocycles. The summed E-state index contributed by atoms with van der Waals surface area (Å²) >= 11 is 0. The van der Waals surface area contributed by atoms with Gasteiger partial charge in [-0.1, -0.05) is 12.1 Å². The van der Waals surface area contributed by atoms with E-state index in [0.717, 1.165) is 22.6 Å². The Kier molecular flexibility index (Phi) is 5.11. The number of nitrogens with zero attached hydrogens (tertiary/aromatic N) is 2. The first-order valence-corrected chi connectivity index (χ1v) is 9.02. The topological polar surface area (TPSA) is 84.2 Å². The Morgan fingerprint density at radius 3 is 2.38 bits per heavy atom. The molecule has 1 aliphatic carbocycles. The van der Waals surface area contributed by atoms with Crippen molar-refractivity contribution in [2.24, 2.45) is 11.8 Å². The molecule has 6 nitrogen and oxygen atoms in total. The molecule has 0 radical (unpaired) electrons. The van der Waals surface area contributed by atoms with Crippen LogP contribution in [0, 0.1) is 25.7 Å². The molecule has 6 heteroatoms. The van der Waals surface area contributed by atoms with E-state index in [0.29, 0.717) is 19.3 Å². The second-order valence-electron chi connectivity index (χ2n) is 7.21. The third-order valence-electron chi connectivity index (χ3n) is 5.16. The molecule has 1 unspecified atom stereocenters. The van der Waals surface area contributed by atoms with Gasteiger partial charge < -0.3 is 10.4 Å². The zero-order chi connectivity index (χ0) is 18.8. The first kappa shape index (κ1) is 18.2. The SMILES string of the molecule is Cc1cc(C)n(-c2ccc(C(C)NC(=O)[C@@H]3CC[C@H](C(=O)O)C3)cc2)n1. The number of nitrogens with one attached hydrogen (secondary N) is 1. The summed E-state index contributed by atoms with van der Waals surface area (Å²) in [6, 6.07) is 9.88. The van der Waals surface area contributed by atoms with Gasteiger partial charge in [-0.2, -0.15) is 5.10 Å². The molecule has 0 bridgehead atoms. The zero-order valence-corrected chi connectivity index (χ0v) is 15.4. The number of amides is 1. The molecule has 3 rings (SSSR count). The molecule has 0 aliphatic heterocycles. The molecule has 138 valence electrons. The molecule has 1 aliphatic rings. The molecule has 0 spiro atoms. The van der Waals surface area contributed by atoms with Gasteiger partial charge in [0.25, 0.3) is 0 Å². The van der Waals surface area contributed by atoms with Gasteiger partial charge in [-0.15, -0.1) is 0 Å². The fraction of sp³-hybridized carbons (Fsp3) is 0.450. The van der Waals surface area contributed by atoms with Crippen molar-refractivity contribution in [3.8, 4) is 5.69 Å². The number of carboxylic acids is 1. The Morgan fingerprint density at radius 2 is 1.85 bits per heavy atom. The normalized spacial score (nSPS) is 20.7. The van der Waals surface area contributed by atoms with E-state index in [-0.39, 0.29) is 23.8 Å². The standard InChI is InChI=1S/C20H25N3O3/c1-12-10-13(2)23(22-12)18-8-6-15(7-9-18)14(3)21-19(24)16-4-5-17(11-16)20(25)26/h6-10,14,16-17H,4-5,11H2,1-3H3,(H,21,24)(H,25,26)/t14?,16-,17+/m1/s1. The van der Waals surface area contributed by atoms with Crippen molar-refractivity contribution in [1.29, 1.82) is 0 Å². The fourth-order valence-electron chi connectivity index (χ4n) is 3.65. The third-order valence-corrected chi connectivity index (χ3v) is 5.16. The van der Waals surface area contributed by atoms with Crippen molar-refractivity contribution >= 4 is 11.9 Å². The average molecular weight is 355 g/mol. The molecule has 1 saturated carbocycles. The molecule has 0 saturated heterocycles. The van der Waals surface area contributed by atoms with Gasteiger partial charge in [0, 0.05) is 11.6 Å². The zero-order valence-electron chi connectivity index (χ0n) is 15.4. The van der Waals surface area contributed by atoms with Crippen LogP contribution in [0.5, 0.6) is 0 Å². The number of aliphatic carboxylic acids is 1. The van der Waals surface area contributed by atoms with Gasteiger partial charge in [0.15, 0.2) is 0 Å². The molecule has 1 fully saturated rings. The minimum Gasteiger partial charge on any atom is -0.481 e. The van der Waals surface area contributed by atoms with Crippen molar-refractivity contribution in [2.75, 3.05) is 0 Å². The molecule has 1 aromatic carbocycles. The van der Waals surface area contributed by atoms with E-state index in [1.807, 2.05) is 55.8 Å². The highest BCUT2D eigenvalue weighted by atomic mass is 16.4. The van der Waals surface area contributed by atoms with Gasteiger partial charge in [0.05, 0.1) is 23.3 Å². The highest BCUT2D eigenvalue weighted by molar-refractivity contribution is 5.81. The Morgan fingerprint density at radius 1 is 1.19 bits per heavy atom. The monoisotopic (exact) mass is 355 g/mol. The molecular weight excluding hydrogens is 330 g/mol. The van der Waals surface area contributed by atoms with Gasteiger partial charge in [-0.3, -0.25) is 9.59 Å². The Labute approximate surface area is 153 Å². The maximum atomic E-state index is 12.4. The molecule has 26 heavy (non-hydrogen) atoms. The Hall–Kier alpha value is -2.63. The summed E-state index contributed by atoms with van der Waals surface area (Å²) in [6.07, 6.45) is 1.66. The minimum absolute atomic E-state index is 0.0520. The predicted molar refractivity (Wildman–Crippen MR) is 98.1 cm³/mol. The van der Waals surface area contributed by atoms with Crippen LogP contribution in [0.3, 0.4) is 0 Å². The largest absolute Gasteiger partial charge is 0.481 e. The number of aryl methyl sites for hydroxylation is 2. The lowest BCUT2D eigenvalue weighted by atomic mass is 10.0. The van der Waals surface area contributed by atoms with Crippen LogP contribution in [0.2, 0.25) is 0 Å². The van der Waals surface area contributed by atoms with E-state index < -0.39 is 5.97 Å². The van der Waals surface area contributed by atoms with Crippen molar-refractivity contribution in [3.63, 3.8) is 0 Å². The van der Waals surface area contributed by atoms with Crippen LogP contribution in [0.15, 0.2) is 30.3 Å². The van der Waals surface area contributed by atoms with Crippen LogP contribution in [0.25, 0.3) is 5.69 Å². The highest BCUT2D eigenvalue weighted by Crippen LogP contribution is 2.31. The summed E-state index contributed by atoms with van der Waals surface area (Å²) in [4.78, 5) is 23.5. The fourth-order valence-corrected chi connectivity index (χ4v) is 3.65. The molecule has 1 amide bonds. The number of benzene rings is 1. The molecule has 3 atom stereocenters.